The van der Waals surface area contributed by atoms with Crippen LogP contribution in [0, 0.1) is 11.8 Å². The number of rotatable bonds is 7. The lowest BCUT2D eigenvalue weighted by atomic mass is 9.76. The van der Waals surface area contributed by atoms with Crippen molar-refractivity contribution in [1.29, 1.82) is 0 Å². The highest BCUT2D eigenvalue weighted by Gasteiger charge is 2.70. The minimum absolute atomic E-state index is 0.114. The predicted molar refractivity (Wildman–Crippen MR) is 115 cm³/mol. The number of nitrogens with one attached hydrogen (secondary N) is 2. The molecule has 6 nitrogen and oxygen atoms in total. The average Bonchev–Trinajstić information content (AvgIpc) is 3.29. The fraction of sp³-hybridized carbons (Fsp3) is 0.591. The van der Waals surface area contributed by atoms with Crippen molar-refractivity contribution in [3.8, 4) is 0 Å². The molecule has 3 aliphatic heterocycles. The molecule has 2 saturated heterocycles. The maximum absolute atomic E-state index is 13.5. The van der Waals surface area contributed by atoms with Gasteiger partial charge >= 0.3 is 0 Å². The van der Waals surface area contributed by atoms with Crippen molar-refractivity contribution >= 4 is 35.2 Å². The van der Waals surface area contributed by atoms with Crippen LogP contribution in [-0.4, -0.2) is 47.2 Å². The van der Waals surface area contributed by atoms with Crippen LogP contribution < -0.4 is 10.6 Å². The number of hydrogen-bond donors (Lipinski definition) is 2. The molecule has 0 radical (unpaired) electrons. The Bertz CT molecular complexity index is 858. The number of unbranched alkanes of at least 4 members (excludes halogenated alkanes) is 1. The second kappa shape index (κ2) is 7.76. The molecule has 7 heteroatoms. The van der Waals surface area contributed by atoms with E-state index in [1.165, 1.54) is 4.90 Å². The Kier molecular flexibility index (Phi) is 5.46. The third-order valence-electron chi connectivity index (χ3n) is 6.65. The van der Waals surface area contributed by atoms with Gasteiger partial charge < -0.3 is 5.32 Å². The Morgan fingerprint density at radius 2 is 1.97 bits per heavy atom. The lowest BCUT2D eigenvalue weighted by Crippen LogP contribution is -2.53. The highest BCUT2D eigenvalue weighted by Crippen LogP contribution is 2.53. The quantitative estimate of drug-likeness (QED) is 0.669. The van der Waals surface area contributed by atoms with Crippen LogP contribution in [0.25, 0.3) is 0 Å². The first-order chi connectivity index (χ1) is 14.0. The zero-order valence-electron chi connectivity index (χ0n) is 17.3. The second-order valence-electron chi connectivity index (χ2n) is 8.21. The van der Waals surface area contributed by atoms with Gasteiger partial charge in [0.05, 0.1) is 11.8 Å². The van der Waals surface area contributed by atoms with Gasteiger partial charge in [0, 0.05) is 23.8 Å². The lowest BCUT2D eigenvalue weighted by Gasteiger charge is -2.29. The number of aryl methyl sites for hydroxylation is 1. The van der Waals surface area contributed by atoms with Crippen molar-refractivity contribution in [2.24, 2.45) is 11.8 Å². The number of carbonyl (C=O) groups excluding carboxylic acids is 3. The van der Waals surface area contributed by atoms with Gasteiger partial charge in [0.15, 0.2) is 0 Å². The Morgan fingerprint density at radius 3 is 2.66 bits per heavy atom. The second-order valence-corrected chi connectivity index (χ2v) is 9.20. The molecule has 0 bridgehead atoms. The lowest BCUT2D eigenvalue weighted by molar-refractivity contribution is -0.142. The van der Waals surface area contributed by atoms with Gasteiger partial charge in [-0.05, 0) is 42.9 Å². The van der Waals surface area contributed by atoms with E-state index in [1.807, 2.05) is 31.4 Å². The summed E-state index contributed by atoms with van der Waals surface area (Å²) in [5, 5.41) is 6.48. The van der Waals surface area contributed by atoms with Crippen LogP contribution in [-0.2, 0) is 26.3 Å². The van der Waals surface area contributed by atoms with Crippen LogP contribution in [0.15, 0.2) is 18.2 Å². The first kappa shape index (κ1) is 20.4. The standard InChI is InChI=1S/C22H29N3O3S/c1-4-6-10-25-19(26)17-16(9-11-29-3)24-22(18(17)20(25)27)14-12-13(5-2)7-8-15(14)23-21(22)28/h7-8,12,16-18,24H,4-6,9-11H2,1-3H3,(H,23,28). The van der Waals surface area contributed by atoms with Crippen LogP contribution in [0.4, 0.5) is 5.69 Å². The molecule has 0 aliphatic carbocycles. The minimum Gasteiger partial charge on any atom is -0.324 e. The largest absolute Gasteiger partial charge is 0.324 e. The van der Waals surface area contributed by atoms with E-state index in [-0.39, 0.29) is 23.8 Å². The van der Waals surface area contributed by atoms with E-state index in [0.29, 0.717) is 6.54 Å². The van der Waals surface area contributed by atoms with E-state index in [2.05, 4.69) is 17.6 Å². The fourth-order valence-corrected chi connectivity index (χ4v) is 5.65. The predicted octanol–water partition coefficient (Wildman–Crippen LogP) is 2.52. The van der Waals surface area contributed by atoms with Crippen LogP contribution >= 0.6 is 11.8 Å². The summed E-state index contributed by atoms with van der Waals surface area (Å²) >= 11 is 1.71. The number of thioether (sulfide) groups is 1. The molecule has 0 saturated carbocycles. The number of nitrogens with zero attached hydrogens (tertiary/aromatic N) is 1. The average molecular weight is 416 g/mol. The van der Waals surface area contributed by atoms with E-state index >= 15 is 0 Å². The van der Waals surface area contributed by atoms with Crippen molar-refractivity contribution in [2.45, 2.75) is 51.1 Å². The zero-order chi connectivity index (χ0) is 20.8. The molecule has 29 heavy (non-hydrogen) atoms. The van der Waals surface area contributed by atoms with Gasteiger partial charge in [-0.2, -0.15) is 11.8 Å². The van der Waals surface area contributed by atoms with E-state index in [1.54, 1.807) is 11.8 Å². The molecule has 1 aromatic rings. The number of likely N-dealkylation sites (tertiary alicyclic amines) is 1. The molecule has 1 spiro atoms. The summed E-state index contributed by atoms with van der Waals surface area (Å²) in [4.78, 5) is 41.5. The van der Waals surface area contributed by atoms with Crippen molar-refractivity contribution in [3.63, 3.8) is 0 Å². The van der Waals surface area contributed by atoms with Crippen molar-refractivity contribution < 1.29 is 14.4 Å². The molecule has 2 fully saturated rings. The third-order valence-corrected chi connectivity index (χ3v) is 7.29. The maximum Gasteiger partial charge on any atom is 0.250 e. The summed E-state index contributed by atoms with van der Waals surface area (Å²) in [6.07, 6.45) is 5.32. The molecule has 156 valence electrons. The molecule has 2 N–H and O–H groups in total. The number of imide groups is 1. The molecule has 3 aliphatic rings. The molecule has 4 unspecified atom stereocenters. The minimum atomic E-state index is -1.15. The number of carbonyl (C=O) groups is 3. The molecule has 4 rings (SSSR count). The zero-order valence-corrected chi connectivity index (χ0v) is 18.1. The van der Waals surface area contributed by atoms with Gasteiger partial charge in [-0.15, -0.1) is 0 Å². The summed E-state index contributed by atoms with van der Waals surface area (Å²) in [5.41, 5.74) is 1.53. The Labute approximate surface area is 176 Å². The highest BCUT2D eigenvalue weighted by atomic mass is 32.2. The maximum atomic E-state index is 13.5. The van der Waals surface area contributed by atoms with Gasteiger partial charge in [0.25, 0.3) is 0 Å². The smallest absolute Gasteiger partial charge is 0.250 e. The fourth-order valence-electron chi connectivity index (χ4n) is 5.16. The monoisotopic (exact) mass is 415 g/mol. The van der Waals surface area contributed by atoms with Crippen LogP contribution in [0.1, 0.15) is 44.2 Å². The first-order valence-electron chi connectivity index (χ1n) is 10.6. The molecule has 3 amide bonds. The molecule has 0 aromatic heterocycles. The Hall–Kier alpha value is -1.86. The van der Waals surface area contributed by atoms with E-state index in [4.69, 9.17) is 0 Å². The van der Waals surface area contributed by atoms with Crippen LogP contribution in [0.5, 0.6) is 0 Å². The highest BCUT2D eigenvalue weighted by molar-refractivity contribution is 7.98. The van der Waals surface area contributed by atoms with Crippen LogP contribution in [0.3, 0.4) is 0 Å². The van der Waals surface area contributed by atoms with E-state index in [0.717, 1.165) is 48.3 Å². The van der Waals surface area contributed by atoms with Gasteiger partial charge in [0.1, 0.15) is 5.54 Å². The van der Waals surface area contributed by atoms with Crippen molar-refractivity contribution in [3.05, 3.63) is 29.3 Å². The van der Waals surface area contributed by atoms with Crippen molar-refractivity contribution in [2.75, 3.05) is 23.9 Å². The normalized spacial score (nSPS) is 30.2. The number of anilines is 1. The van der Waals surface area contributed by atoms with Gasteiger partial charge in [0.2, 0.25) is 17.7 Å². The number of benzene rings is 1. The summed E-state index contributed by atoms with van der Waals surface area (Å²) in [7, 11) is 0. The SMILES string of the molecule is CCCCN1C(=O)C2C(CCSC)NC3(C(=O)Nc4ccc(CC)cc43)C2C1=O. The van der Waals surface area contributed by atoms with Crippen molar-refractivity contribution in [1.82, 2.24) is 10.2 Å². The topological polar surface area (TPSA) is 78.5 Å². The summed E-state index contributed by atoms with van der Waals surface area (Å²) in [5.74, 6) is -0.799. The third kappa shape index (κ3) is 2.93. The Balaban J connectivity index is 1.82. The molecule has 1 aromatic carbocycles. The summed E-state index contributed by atoms with van der Waals surface area (Å²) in [6.45, 7) is 4.56. The summed E-state index contributed by atoms with van der Waals surface area (Å²) < 4.78 is 0. The molecule has 4 atom stereocenters. The Morgan fingerprint density at radius 1 is 1.17 bits per heavy atom. The number of hydrogen-bond acceptors (Lipinski definition) is 5. The first-order valence-corrected chi connectivity index (χ1v) is 12.0. The van der Waals surface area contributed by atoms with E-state index < -0.39 is 17.4 Å². The van der Waals surface area contributed by atoms with E-state index in [9.17, 15) is 14.4 Å². The summed E-state index contributed by atoms with van der Waals surface area (Å²) in [6, 6.07) is 5.77. The van der Waals surface area contributed by atoms with Gasteiger partial charge in [-0.25, -0.2) is 0 Å². The van der Waals surface area contributed by atoms with Gasteiger partial charge in [-0.3, -0.25) is 24.6 Å². The molecular formula is C22H29N3O3S. The number of amides is 3. The van der Waals surface area contributed by atoms with Gasteiger partial charge in [-0.1, -0.05) is 32.4 Å². The van der Waals surface area contributed by atoms with Crippen LogP contribution in [0.2, 0.25) is 0 Å². The number of fused-ring (bicyclic) bond motifs is 4. The molecule has 3 heterocycles. The molecular weight excluding hydrogens is 386 g/mol.